The van der Waals surface area contributed by atoms with Gasteiger partial charge >= 0.3 is 0 Å². The van der Waals surface area contributed by atoms with Gasteiger partial charge in [-0.15, -0.1) is 0 Å². The molecule has 0 heterocycles. The van der Waals surface area contributed by atoms with E-state index >= 15 is 0 Å². The van der Waals surface area contributed by atoms with Gasteiger partial charge in [-0.1, -0.05) is 128 Å². The molecule has 0 aliphatic heterocycles. The molecule has 0 N–H and O–H groups in total. The highest BCUT2D eigenvalue weighted by atomic mass is 31.1. The standard InChI is InChI=1S/C27H26P2/c1-23(29(26-18-10-4-11-19-26)27-20-12-5-13-21-27)22-28(24-14-6-2-7-15-24)25-16-8-3-9-17-25/h2-21,23H,22H2,1H3. The second-order valence-corrected chi connectivity index (χ2v) is 12.1. The molecule has 0 aliphatic rings. The predicted molar refractivity (Wildman–Crippen MR) is 132 cm³/mol. The van der Waals surface area contributed by atoms with Crippen LogP contribution in [0.25, 0.3) is 0 Å². The van der Waals surface area contributed by atoms with Gasteiger partial charge in [-0.25, -0.2) is 0 Å². The smallest absolute Gasteiger partial charge is 0.0112 e. The quantitative estimate of drug-likeness (QED) is 0.345. The highest BCUT2D eigenvalue weighted by Crippen LogP contribution is 2.46. The van der Waals surface area contributed by atoms with Gasteiger partial charge in [-0.3, -0.25) is 0 Å². The van der Waals surface area contributed by atoms with Crippen molar-refractivity contribution in [1.29, 1.82) is 0 Å². The van der Waals surface area contributed by atoms with E-state index in [1.54, 1.807) is 0 Å². The molecule has 0 fully saturated rings. The first-order valence-corrected chi connectivity index (χ1v) is 13.0. The molecule has 0 nitrogen and oxygen atoms in total. The second kappa shape index (κ2) is 9.98. The molecule has 144 valence electrons. The minimum atomic E-state index is -0.409. The lowest BCUT2D eigenvalue weighted by Gasteiger charge is -2.30. The first-order valence-electron chi connectivity index (χ1n) is 10.1. The normalized spacial score (nSPS) is 12.2. The lowest BCUT2D eigenvalue weighted by atomic mass is 10.4. The number of benzene rings is 4. The van der Waals surface area contributed by atoms with E-state index in [1.165, 1.54) is 27.4 Å². The summed E-state index contributed by atoms with van der Waals surface area (Å²) in [5.74, 6) is 0. The molecule has 1 atom stereocenters. The highest BCUT2D eigenvalue weighted by Gasteiger charge is 2.25. The molecule has 4 rings (SSSR count). The molecule has 0 aromatic heterocycles. The van der Waals surface area contributed by atoms with E-state index in [-0.39, 0.29) is 7.92 Å². The Morgan fingerprint density at radius 2 is 0.793 bits per heavy atom. The zero-order valence-electron chi connectivity index (χ0n) is 16.7. The molecule has 0 saturated heterocycles. The van der Waals surface area contributed by atoms with Gasteiger partial charge in [0.2, 0.25) is 0 Å². The fourth-order valence-electron chi connectivity index (χ4n) is 3.76. The number of rotatable bonds is 7. The summed E-state index contributed by atoms with van der Waals surface area (Å²) in [5.41, 5.74) is 0.585. The summed E-state index contributed by atoms with van der Waals surface area (Å²) >= 11 is 0. The van der Waals surface area contributed by atoms with Crippen LogP contribution in [0.3, 0.4) is 0 Å². The maximum absolute atomic E-state index is 2.45. The molecule has 1 unspecified atom stereocenters. The van der Waals surface area contributed by atoms with Crippen molar-refractivity contribution >= 4 is 37.1 Å². The summed E-state index contributed by atoms with van der Waals surface area (Å²) in [5, 5.41) is 5.88. The summed E-state index contributed by atoms with van der Waals surface area (Å²) in [6.07, 6.45) is 1.19. The molecular formula is C27H26P2. The number of hydrogen-bond acceptors (Lipinski definition) is 0. The predicted octanol–water partition coefficient (Wildman–Crippen LogP) is 5.64. The summed E-state index contributed by atoms with van der Waals surface area (Å²) in [6.45, 7) is 2.45. The fraction of sp³-hybridized carbons (Fsp3) is 0.111. The molecule has 2 heteroatoms. The molecule has 4 aromatic rings. The molecule has 0 aliphatic carbocycles. The van der Waals surface area contributed by atoms with Crippen molar-refractivity contribution in [1.82, 2.24) is 0 Å². The van der Waals surface area contributed by atoms with Gasteiger partial charge in [0.25, 0.3) is 0 Å². The van der Waals surface area contributed by atoms with Crippen LogP contribution in [0, 0.1) is 0 Å². The van der Waals surface area contributed by atoms with Crippen LogP contribution in [0.1, 0.15) is 6.92 Å². The van der Waals surface area contributed by atoms with Gasteiger partial charge in [-0.05, 0) is 48.9 Å². The van der Waals surface area contributed by atoms with Gasteiger partial charge in [0.15, 0.2) is 0 Å². The Kier molecular flexibility index (Phi) is 6.89. The summed E-state index contributed by atoms with van der Waals surface area (Å²) in [4.78, 5) is 0. The van der Waals surface area contributed by atoms with Crippen molar-refractivity contribution in [3.63, 3.8) is 0 Å². The molecule has 0 saturated carbocycles. The van der Waals surface area contributed by atoms with Gasteiger partial charge in [0.05, 0.1) is 0 Å². The molecule has 29 heavy (non-hydrogen) atoms. The molecule has 4 aromatic carbocycles. The van der Waals surface area contributed by atoms with Crippen LogP contribution in [0.5, 0.6) is 0 Å². The van der Waals surface area contributed by atoms with Crippen LogP contribution in [-0.4, -0.2) is 11.8 Å². The Labute approximate surface area is 177 Å². The summed E-state index contributed by atoms with van der Waals surface area (Å²) in [7, 11) is -0.796. The highest BCUT2D eigenvalue weighted by molar-refractivity contribution is 7.77. The monoisotopic (exact) mass is 412 g/mol. The Morgan fingerprint density at radius 3 is 1.14 bits per heavy atom. The van der Waals surface area contributed by atoms with E-state index in [0.29, 0.717) is 5.66 Å². The van der Waals surface area contributed by atoms with Crippen LogP contribution in [-0.2, 0) is 0 Å². The van der Waals surface area contributed by atoms with Crippen LogP contribution in [0.15, 0.2) is 121 Å². The van der Waals surface area contributed by atoms with E-state index in [0.717, 1.165) is 0 Å². The Hall–Kier alpha value is -2.26. The van der Waals surface area contributed by atoms with Crippen molar-refractivity contribution in [2.24, 2.45) is 0 Å². The maximum Gasteiger partial charge on any atom is -0.0112 e. The van der Waals surface area contributed by atoms with E-state index in [4.69, 9.17) is 0 Å². The van der Waals surface area contributed by atoms with Crippen molar-refractivity contribution < 1.29 is 0 Å². The zero-order chi connectivity index (χ0) is 19.9. The second-order valence-electron chi connectivity index (χ2n) is 7.17. The van der Waals surface area contributed by atoms with Crippen LogP contribution >= 0.6 is 15.8 Å². The summed E-state index contributed by atoms with van der Waals surface area (Å²) < 4.78 is 0. The lowest BCUT2D eigenvalue weighted by molar-refractivity contribution is 1.11. The molecule has 0 amide bonds. The molecule has 0 spiro atoms. The molecule has 0 bridgehead atoms. The number of hydrogen-bond donors (Lipinski definition) is 0. The topological polar surface area (TPSA) is 0 Å². The van der Waals surface area contributed by atoms with Crippen molar-refractivity contribution in [3.05, 3.63) is 121 Å². The molecule has 0 radical (unpaired) electrons. The zero-order valence-corrected chi connectivity index (χ0v) is 18.5. The van der Waals surface area contributed by atoms with Crippen molar-refractivity contribution in [3.8, 4) is 0 Å². The van der Waals surface area contributed by atoms with Gasteiger partial charge in [0.1, 0.15) is 0 Å². The third-order valence-electron chi connectivity index (χ3n) is 5.09. The van der Waals surface area contributed by atoms with Crippen LogP contribution in [0.4, 0.5) is 0 Å². The van der Waals surface area contributed by atoms with Crippen molar-refractivity contribution in [2.45, 2.75) is 12.6 Å². The Balaban J connectivity index is 1.70. The summed E-state index contributed by atoms with van der Waals surface area (Å²) in [6, 6.07) is 44.3. The Morgan fingerprint density at radius 1 is 0.483 bits per heavy atom. The lowest BCUT2D eigenvalue weighted by Crippen LogP contribution is -2.25. The average molecular weight is 412 g/mol. The first-order chi connectivity index (χ1) is 14.3. The van der Waals surface area contributed by atoms with E-state index in [2.05, 4.69) is 128 Å². The van der Waals surface area contributed by atoms with Gasteiger partial charge in [-0.2, -0.15) is 0 Å². The first kappa shape index (κ1) is 20.0. The third kappa shape index (κ3) is 5.02. The van der Waals surface area contributed by atoms with Crippen LogP contribution in [0.2, 0.25) is 0 Å². The molecular weight excluding hydrogens is 386 g/mol. The van der Waals surface area contributed by atoms with Gasteiger partial charge in [0, 0.05) is 0 Å². The fourth-order valence-corrected chi connectivity index (χ4v) is 9.51. The van der Waals surface area contributed by atoms with Gasteiger partial charge < -0.3 is 0 Å². The minimum absolute atomic E-state index is 0.387. The van der Waals surface area contributed by atoms with E-state index in [1.807, 2.05) is 0 Å². The maximum atomic E-state index is 2.45. The Bertz CT molecular complexity index is 907. The largest absolute Gasteiger partial charge is 0.0622 e. The minimum Gasteiger partial charge on any atom is -0.0622 e. The van der Waals surface area contributed by atoms with E-state index in [9.17, 15) is 0 Å². The van der Waals surface area contributed by atoms with Crippen LogP contribution < -0.4 is 21.2 Å². The van der Waals surface area contributed by atoms with Crippen molar-refractivity contribution in [2.75, 3.05) is 6.16 Å². The average Bonchev–Trinajstić information content (AvgIpc) is 2.80. The third-order valence-corrected chi connectivity index (χ3v) is 10.9. The van der Waals surface area contributed by atoms with E-state index < -0.39 is 7.92 Å². The SMILES string of the molecule is CC(CP(c1ccccc1)c1ccccc1)P(c1ccccc1)c1ccccc1.